The van der Waals surface area contributed by atoms with Crippen LogP contribution in [-0.2, 0) is 10.0 Å². The van der Waals surface area contributed by atoms with Crippen molar-refractivity contribution in [3.63, 3.8) is 0 Å². The fraction of sp³-hybridized carbons (Fsp3) is 0.407. The number of nitrogens with zero attached hydrogens (tertiary/aromatic N) is 4. The van der Waals surface area contributed by atoms with Crippen molar-refractivity contribution in [1.82, 2.24) is 14.9 Å². The number of anilines is 6. The highest BCUT2D eigenvalue weighted by Crippen LogP contribution is 2.35. The summed E-state index contributed by atoms with van der Waals surface area (Å²) in [6, 6.07) is 10.0. The molecule has 10 nitrogen and oxygen atoms in total. The summed E-state index contributed by atoms with van der Waals surface area (Å²) in [4.78, 5) is 13.1. The number of rotatable bonds is 8. The molecule has 0 spiro atoms. The second kappa shape index (κ2) is 11.2. The minimum atomic E-state index is -3.57. The maximum absolute atomic E-state index is 15.2. The quantitative estimate of drug-likeness (QED) is 0.362. The van der Waals surface area contributed by atoms with Gasteiger partial charge in [0.2, 0.25) is 16.0 Å². The lowest BCUT2D eigenvalue weighted by Gasteiger charge is -2.34. The minimum Gasteiger partial charge on any atom is -0.494 e. The Balaban J connectivity index is 1.54. The highest BCUT2D eigenvalue weighted by molar-refractivity contribution is 7.94. The first-order valence-electron chi connectivity index (χ1n) is 12.7. The van der Waals surface area contributed by atoms with Crippen molar-refractivity contribution in [3.05, 3.63) is 54.0 Å². The van der Waals surface area contributed by atoms with E-state index in [4.69, 9.17) is 4.74 Å². The van der Waals surface area contributed by atoms with Crippen molar-refractivity contribution in [2.75, 3.05) is 60.6 Å². The molecule has 0 unspecified atom stereocenters. The molecule has 2 aromatic carbocycles. The van der Waals surface area contributed by atoms with E-state index in [1.807, 2.05) is 11.8 Å². The summed E-state index contributed by atoms with van der Waals surface area (Å²) >= 11 is 0. The van der Waals surface area contributed by atoms with Crippen LogP contribution in [0.15, 0.2) is 42.6 Å². The third-order valence-corrected chi connectivity index (χ3v) is 8.63. The van der Waals surface area contributed by atoms with E-state index in [1.54, 1.807) is 57.3 Å². The highest BCUT2D eigenvalue weighted by atomic mass is 32.2. The average molecular weight is 558 g/mol. The lowest BCUT2D eigenvalue weighted by atomic mass is 10.2. The lowest BCUT2D eigenvalue weighted by Crippen LogP contribution is -2.44. The van der Waals surface area contributed by atoms with Gasteiger partial charge in [-0.15, -0.1) is 0 Å². The molecule has 1 aliphatic heterocycles. The van der Waals surface area contributed by atoms with E-state index in [2.05, 4.69) is 37.3 Å². The van der Waals surface area contributed by atoms with Crippen LogP contribution in [0.25, 0.3) is 0 Å². The maximum Gasteiger partial charge on any atom is 0.237 e. The predicted octanol–water partition coefficient (Wildman–Crippen LogP) is 4.71. The van der Waals surface area contributed by atoms with Gasteiger partial charge in [-0.1, -0.05) is 6.07 Å². The third kappa shape index (κ3) is 6.69. The molecule has 3 aromatic rings. The van der Waals surface area contributed by atoms with E-state index in [0.717, 1.165) is 31.7 Å². The molecule has 3 N–H and O–H groups in total. The largest absolute Gasteiger partial charge is 0.494 e. The van der Waals surface area contributed by atoms with Crippen LogP contribution in [0.5, 0.6) is 5.75 Å². The molecule has 1 saturated heterocycles. The molecule has 210 valence electrons. The zero-order valence-electron chi connectivity index (χ0n) is 23.2. The molecular formula is C27H36FN7O3S. The number of methoxy groups -OCH3 is 1. The number of aryl methyl sites for hydroxylation is 1. The Morgan fingerprint density at radius 2 is 1.72 bits per heavy atom. The Morgan fingerprint density at radius 1 is 1.03 bits per heavy atom. The highest BCUT2D eigenvalue weighted by Gasteiger charge is 2.29. The van der Waals surface area contributed by atoms with E-state index in [9.17, 15) is 8.42 Å². The molecule has 1 fully saturated rings. The third-order valence-electron chi connectivity index (χ3n) is 6.51. The van der Waals surface area contributed by atoms with Gasteiger partial charge in [0, 0.05) is 55.8 Å². The van der Waals surface area contributed by atoms with Crippen LogP contribution in [0.4, 0.5) is 38.9 Å². The van der Waals surface area contributed by atoms with Gasteiger partial charge in [-0.05, 0) is 52.9 Å². The second-order valence-corrected chi connectivity index (χ2v) is 13.0. The summed E-state index contributed by atoms with van der Waals surface area (Å²) < 4.78 is 47.5. The Bertz CT molecular complexity index is 1440. The zero-order chi connectivity index (χ0) is 28.4. The molecule has 1 aromatic heterocycles. The number of benzene rings is 2. The summed E-state index contributed by atoms with van der Waals surface area (Å²) in [7, 11) is 0.0164. The topological polar surface area (TPSA) is 112 Å². The normalized spacial score (nSPS) is 14.7. The SMILES string of the molecule is COc1cc(N2CCN(C)CC2)c(F)cc1Nc1ncc(C)c(Nc2cccc(NS(=O)(=O)C(C)(C)C)c2)n1. The van der Waals surface area contributed by atoms with Gasteiger partial charge in [-0.2, -0.15) is 4.98 Å². The van der Waals surface area contributed by atoms with Crippen molar-refractivity contribution < 1.29 is 17.5 Å². The standard InChI is InChI=1S/C27H36FN7O3S/c1-18-17-29-26(31-22-15-21(28)23(16-24(22)38-6)35-12-10-34(5)11-13-35)32-25(18)30-19-8-7-9-20(14-19)33-39(36,37)27(2,3)4/h7-9,14-17,33H,10-13H2,1-6H3,(H2,29,30,31,32). The number of likely N-dealkylation sites (N-methyl/N-ethyl adjacent to an activating group) is 1. The summed E-state index contributed by atoms with van der Waals surface area (Å²) in [5.41, 5.74) is 2.74. The van der Waals surface area contributed by atoms with Gasteiger partial charge >= 0.3 is 0 Å². The number of nitrogens with one attached hydrogen (secondary N) is 3. The number of piperazine rings is 1. The average Bonchev–Trinajstić information content (AvgIpc) is 2.86. The van der Waals surface area contributed by atoms with E-state index in [0.29, 0.717) is 34.3 Å². The van der Waals surface area contributed by atoms with Crippen molar-refractivity contribution in [3.8, 4) is 5.75 Å². The summed E-state index contributed by atoms with van der Waals surface area (Å²) in [6.45, 7) is 9.95. The number of sulfonamides is 1. The molecule has 12 heteroatoms. The molecular weight excluding hydrogens is 521 g/mol. The van der Waals surface area contributed by atoms with Crippen LogP contribution < -0.4 is 25.0 Å². The van der Waals surface area contributed by atoms with Crippen LogP contribution in [0, 0.1) is 12.7 Å². The summed E-state index contributed by atoms with van der Waals surface area (Å²) in [6.07, 6.45) is 1.64. The van der Waals surface area contributed by atoms with Crippen LogP contribution in [0.1, 0.15) is 26.3 Å². The van der Waals surface area contributed by atoms with Crippen LogP contribution in [0.3, 0.4) is 0 Å². The number of halogens is 1. The smallest absolute Gasteiger partial charge is 0.237 e. The van der Waals surface area contributed by atoms with Crippen molar-refractivity contribution in [2.24, 2.45) is 0 Å². The molecule has 0 atom stereocenters. The molecule has 4 rings (SSSR count). The zero-order valence-corrected chi connectivity index (χ0v) is 24.0. The van der Waals surface area contributed by atoms with Crippen molar-refractivity contribution in [2.45, 2.75) is 32.4 Å². The van der Waals surface area contributed by atoms with Crippen LogP contribution in [-0.4, -0.2) is 68.4 Å². The van der Waals surface area contributed by atoms with Gasteiger partial charge < -0.3 is 25.2 Å². The van der Waals surface area contributed by atoms with Crippen LogP contribution in [0.2, 0.25) is 0 Å². The number of ether oxygens (including phenoxy) is 1. The molecule has 39 heavy (non-hydrogen) atoms. The summed E-state index contributed by atoms with van der Waals surface area (Å²) in [5, 5.41) is 6.29. The molecule has 0 aliphatic carbocycles. The Morgan fingerprint density at radius 3 is 2.38 bits per heavy atom. The lowest BCUT2D eigenvalue weighted by molar-refractivity contribution is 0.311. The second-order valence-electron chi connectivity index (χ2n) is 10.6. The first kappa shape index (κ1) is 28.4. The number of hydrogen-bond donors (Lipinski definition) is 3. The van der Waals surface area contributed by atoms with Gasteiger partial charge in [0.1, 0.15) is 17.4 Å². The van der Waals surface area contributed by atoms with Gasteiger partial charge in [0.15, 0.2) is 0 Å². The van der Waals surface area contributed by atoms with E-state index < -0.39 is 14.8 Å². The number of aromatic nitrogens is 2. The van der Waals surface area contributed by atoms with Gasteiger partial charge in [-0.25, -0.2) is 17.8 Å². The molecule has 0 amide bonds. The monoisotopic (exact) mass is 557 g/mol. The molecule has 1 aliphatic rings. The fourth-order valence-corrected chi connectivity index (χ4v) is 4.70. The molecule has 0 radical (unpaired) electrons. The van der Waals surface area contributed by atoms with Crippen molar-refractivity contribution >= 4 is 44.5 Å². The van der Waals surface area contributed by atoms with Gasteiger partial charge in [0.05, 0.1) is 28.9 Å². The van der Waals surface area contributed by atoms with E-state index >= 15 is 4.39 Å². The fourth-order valence-electron chi connectivity index (χ4n) is 3.95. The summed E-state index contributed by atoms with van der Waals surface area (Å²) in [5.74, 6) is 0.875. The first-order valence-corrected chi connectivity index (χ1v) is 14.2. The number of hydrogen-bond acceptors (Lipinski definition) is 9. The van der Waals surface area contributed by atoms with E-state index in [1.165, 1.54) is 13.2 Å². The minimum absolute atomic E-state index is 0.248. The van der Waals surface area contributed by atoms with Gasteiger partial charge in [-0.3, -0.25) is 4.72 Å². The Kier molecular flexibility index (Phi) is 8.17. The Hall–Kier alpha value is -3.64. The molecule has 0 bridgehead atoms. The predicted molar refractivity (Wildman–Crippen MR) is 155 cm³/mol. The molecule has 2 heterocycles. The first-order chi connectivity index (χ1) is 18.4. The Labute approximate surface area is 229 Å². The molecule has 0 saturated carbocycles. The van der Waals surface area contributed by atoms with E-state index in [-0.39, 0.29) is 11.8 Å². The maximum atomic E-state index is 15.2. The van der Waals surface area contributed by atoms with Crippen LogP contribution >= 0.6 is 0 Å². The van der Waals surface area contributed by atoms with Crippen molar-refractivity contribution in [1.29, 1.82) is 0 Å². The van der Waals surface area contributed by atoms with Gasteiger partial charge in [0.25, 0.3) is 0 Å².